The first-order chi connectivity index (χ1) is 5.84. The summed E-state index contributed by atoms with van der Waals surface area (Å²) in [5.41, 5.74) is 0. The number of thiazole rings is 1. The standard InChI is InChI=1S/C9H14N2S/c1-8-2-4-11(6-8)7-9-10-3-5-12-9/h3,5,8H,2,4,6-7H2,1H3. The Kier molecular flexibility index (Phi) is 2.42. The van der Waals surface area contributed by atoms with Gasteiger partial charge in [-0.15, -0.1) is 11.3 Å². The van der Waals surface area contributed by atoms with E-state index in [4.69, 9.17) is 0 Å². The topological polar surface area (TPSA) is 16.1 Å². The van der Waals surface area contributed by atoms with E-state index in [1.54, 1.807) is 11.3 Å². The Balaban J connectivity index is 1.88. The number of nitrogens with zero attached hydrogens (tertiary/aromatic N) is 2. The van der Waals surface area contributed by atoms with Crippen LogP contribution in [0.1, 0.15) is 18.4 Å². The van der Waals surface area contributed by atoms with E-state index in [1.807, 2.05) is 6.20 Å². The number of hydrogen-bond donors (Lipinski definition) is 0. The molecule has 0 aliphatic carbocycles. The molecule has 0 radical (unpaired) electrons. The molecule has 1 atom stereocenters. The molecule has 12 heavy (non-hydrogen) atoms. The molecular weight excluding hydrogens is 168 g/mol. The van der Waals surface area contributed by atoms with Crippen molar-refractivity contribution in [3.8, 4) is 0 Å². The maximum Gasteiger partial charge on any atom is 0.107 e. The molecule has 1 aromatic heterocycles. The average molecular weight is 182 g/mol. The Labute approximate surface area is 77.2 Å². The minimum atomic E-state index is 0.880. The molecule has 2 rings (SSSR count). The molecule has 1 aromatic rings. The van der Waals surface area contributed by atoms with E-state index in [2.05, 4.69) is 22.2 Å². The molecule has 1 fully saturated rings. The highest BCUT2D eigenvalue weighted by atomic mass is 32.1. The van der Waals surface area contributed by atoms with Gasteiger partial charge in [0, 0.05) is 18.1 Å². The van der Waals surface area contributed by atoms with Crippen LogP contribution in [0.15, 0.2) is 11.6 Å². The molecule has 3 heteroatoms. The van der Waals surface area contributed by atoms with Crippen LogP contribution in [0.5, 0.6) is 0 Å². The first-order valence-corrected chi connectivity index (χ1v) is 5.33. The minimum Gasteiger partial charge on any atom is -0.296 e. The van der Waals surface area contributed by atoms with Crippen LogP contribution < -0.4 is 0 Å². The highest BCUT2D eigenvalue weighted by Gasteiger charge is 2.18. The van der Waals surface area contributed by atoms with E-state index in [9.17, 15) is 0 Å². The predicted molar refractivity (Wildman–Crippen MR) is 51.2 cm³/mol. The van der Waals surface area contributed by atoms with Gasteiger partial charge in [-0.1, -0.05) is 6.92 Å². The van der Waals surface area contributed by atoms with Crippen LogP contribution in [0.3, 0.4) is 0 Å². The van der Waals surface area contributed by atoms with Gasteiger partial charge in [-0.3, -0.25) is 4.90 Å². The van der Waals surface area contributed by atoms with Crippen molar-refractivity contribution in [2.24, 2.45) is 5.92 Å². The summed E-state index contributed by atoms with van der Waals surface area (Å²) in [5, 5.41) is 3.30. The lowest BCUT2D eigenvalue weighted by Crippen LogP contribution is -2.19. The van der Waals surface area contributed by atoms with Gasteiger partial charge in [0.1, 0.15) is 5.01 Å². The van der Waals surface area contributed by atoms with Gasteiger partial charge >= 0.3 is 0 Å². The molecule has 0 spiro atoms. The quantitative estimate of drug-likeness (QED) is 0.695. The molecular formula is C9H14N2S. The number of rotatable bonds is 2. The lowest BCUT2D eigenvalue weighted by Gasteiger charge is -2.12. The fourth-order valence-electron chi connectivity index (χ4n) is 1.69. The fourth-order valence-corrected chi connectivity index (χ4v) is 2.35. The maximum absolute atomic E-state index is 4.28. The second-order valence-corrected chi connectivity index (χ2v) is 4.53. The van der Waals surface area contributed by atoms with Gasteiger partial charge in [-0.25, -0.2) is 4.98 Å². The Morgan fingerprint density at radius 3 is 3.25 bits per heavy atom. The van der Waals surface area contributed by atoms with Crippen LogP contribution in [0.4, 0.5) is 0 Å². The SMILES string of the molecule is CC1CCN(Cc2nccs2)C1. The third kappa shape index (κ3) is 1.84. The third-order valence-electron chi connectivity index (χ3n) is 2.35. The van der Waals surface area contributed by atoms with E-state index < -0.39 is 0 Å². The molecule has 1 saturated heterocycles. The predicted octanol–water partition coefficient (Wildman–Crippen LogP) is 1.98. The van der Waals surface area contributed by atoms with Gasteiger partial charge in [0.05, 0.1) is 6.54 Å². The molecule has 0 saturated carbocycles. The van der Waals surface area contributed by atoms with Crippen LogP contribution in [-0.2, 0) is 6.54 Å². The summed E-state index contributed by atoms with van der Waals surface area (Å²) >= 11 is 1.76. The summed E-state index contributed by atoms with van der Waals surface area (Å²) in [5.74, 6) is 0.880. The number of aromatic nitrogens is 1. The average Bonchev–Trinajstić information content (AvgIpc) is 2.63. The van der Waals surface area contributed by atoms with Crippen LogP contribution >= 0.6 is 11.3 Å². The lowest BCUT2D eigenvalue weighted by molar-refractivity contribution is 0.320. The Morgan fingerprint density at radius 1 is 1.75 bits per heavy atom. The molecule has 0 N–H and O–H groups in total. The molecule has 1 unspecified atom stereocenters. The zero-order chi connectivity index (χ0) is 8.39. The molecule has 2 nitrogen and oxygen atoms in total. The van der Waals surface area contributed by atoms with Gasteiger partial charge in [-0.2, -0.15) is 0 Å². The first-order valence-electron chi connectivity index (χ1n) is 4.45. The lowest BCUT2D eigenvalue weighted by atomic mass is 10.2. The highest BCUT2D eigenvalue weighted by Crippen LogP contribution is 2.18. The van der Waals surface area contributed by atoms with Crippen molar-refractivity contribution in [2.45, 2.75) is 19.9 Å². The Morgan fingerprint density at radius 2 is 2.67 bits per heavy atom. The second kappa shape index (κ2) is 3.54. The summed E-state index contributed by atoms with van der Waals surface area (Å²) in [6.07, 6.45) is 3.24. The Bertz CT molecular complexity index is 233. The van der Waals surface area contributed by atoms with Gasteiger partial charge in [0.15, 0.2) is 0 Å². The molecule has 0 amide bonds. The molecule has 1 aliphatic heterocycles. The maximum atomic E-state index is 4.28. The third-order valence-corrected chi connectivity index (χ3v) is 3.11. The molecule has 0 bridgehead atoms. The van der Waals surface area contributed by atoms with Crippen molar-refractivity contribution in [3.05, 3.63) is 16.6 Å². The van der Waals surface area contributed by atoms with E-state index in [0.717, 1.165) is 12.5 Å². The smallest absolute Gasteiger partial charge is 0.107 e. The van der Waals surface area contributed by atoms with E-state index in [-0.39, 0.29) is 0 Å². The zero-order valence-electron chi connectivity index (χ0n) is 7.36. The van der Waals surface area contributed by atoms with Gasteiger partial charge in [-0.05, 0) is 18.9 Å². The van der Waals surface area contributed by atoms with Crippen LogP contribution in [0.25, 0.3) is 0 Å². The largest absolute Gasteiger partial charge is 0.296 e. The summed E-state index contributed by atoms with van der Waals surface area (Å²) < 4.78 is 0. The Hall–Kier alpha value is -0.410. The van der Waals surface area contributed by atoms with Crippen LogP contribution in [0.2, 0.25) is 0 Å². The minimum absolute atomic E-state index is 0.880. The zero-order valence-corrected chi connectivity index (χ0v) is 8.18. The van der Waals surface area contributed by atoms with E-state index in [0.29, 0.717) is 0 Å². The van der Waals surface area contributed by atoms with Crippen molar-refractivity contribution in [1.82, 2.24) is 9.88 Å². The molecule has 0 aromatic carbocycles. The van der Waals surface area contributed by atoms with Crippen LogP contribution in [0, 0.1) is 5.92 Å². The van der Waals surface area contributed by atoms with Crippen molar-refractivity contribution in [3.63, 3.8) is 0 Å². The molecule has 66 valence electrons. The van der Waals surface area contributed by atoms with Crippen LogP contribution in [-0.4, -0.2) is 23.0 Å². The summed E-state index contributed by atoms with van der Waals surface area (Å²) in [7, 11) is 0. The second-order valence-electron chi connectivity index (χ2n) is 3.55. The number of hydrogen-bond acceptors (Lipinski definition) is 3. The van der Waals surface area contributed by atoms with Crippen molar-refractivity contribution < 1.29 is 0 Å². The van der Waals surface area contributed by atoms with Gasteiger partial charge < -0.3 is 0 Å². The van der Waals surface area contributed by atoms with Crippen molar-refractivity contribution in [1.29, 1.82) is 0 Å². The highest BCUT2D eigenvalue weighted by molar-refractivity contribution is 7.09. The van der Waals surface area contributed by atoms with Gasteiger partial charge in [0.2, 0.25) is 0 Å². The first kappa shape index (κ1) is 8.20. The van der Waals surface area contributed by atoms with Gasteiger partial charge in [0.25, 0.3) is 0 Å². The fraction of sp³-hybridized carbons (Fsp3) is 0.667. The summed E-state index contributed by atoms with van der Waals surface area (Å²) in [4.78, 5) is 6.77. The van der Waals surface area contributed by atoms with E-state index in [1.165, 1.54) is 24.5 Å². The molecule has 2 heterocycles. The van der Waals surface area contributed by atoms with Crippen molar-refractivity contribution in [2.75, 3.05) is 13.1 Å². The monoisotopic (exact) mass is 182 g/mol. The summed E-state index contributed by atoms with van der Waals surface area (Å²) in [6.45, 7) is 5.88. The summed E-state index contributed by atoms with van der Waals surface area (Å²) in [6, 6.07) is 0. The van der Waals surface area contributed by atoms with Crippen molar-refractivity contribution >= 4 is 11.3 Å². The normalized spacial score (nSPS) is 24.9. The van der Waals surface area contributed by atoms with E-state index >= 15 is 0 Å². The number of likely N-dealkylation sites (tertiary alicyclic amines) is 1. The molecule has 1 aliphatic rings.